The molecule has 0 spiro atoms. The number of hydrogen-bond donors (Lipinski definition) is 0. The number of rotatable bonds is 3. The average molecular weight is 384 g/mol. The summed E-state index contributed by atoms with van der Waals surface area (Å²) in [6, 6.07) is 17.2. The van der Waals surface area contributed by atoms with Gasteiger partial charge >= 0.3 is 0 Å². The van der Waals surface area contributed by atoms with Crippen LogP contribution in [0.4, 0.5) is 0 Å². The van der Waals surface area contributed by atoms with Gasteiger partial charge in [0.1, 0.15) is 5.69 Å². The van der Waals surface area contributed by atoms with E-state index >= 15 is 0 Å². The van der Waals surface area contributed by atoms with Crippen LogP contribution in [-0.2, 0) is 7.05 Å². The highest BCUT2D eigenvalue weighted by Crippen LogP contribution is 2.36. The smallest absolute Gasteiger partial charge is 0.253 e. The molecule has 146 valence electrons. The second-order valence-electron chi connectivity index (χ2n) is 8.12. The molecule has 2 heterocycles. The minimum absolute atomic E-state index is 0.489. The van der Waals surface area contributed by atoms with E-state index < -0.39 is 0 Å². The van der Waals surface area contributed by atoms with Gasteiger partial charge in [-0.15, -0.1) is 0 Å². The summed E-state index contributed by atoms with van der Waals surface area (Å²) >= 11 is 0. The van der Waals surface area contributed by atoms with Gasteiger partial charge in [0.05, 0.1) is 12.6 Å². The monoisotopic (exact) mass is 383 g/mol. The third kappa shape index (κ3) is 3.03. The lowest BCUT2D eigenvalue weighted by atomic mass is 9.86. The molecule has 0 bridgehead atoms. The Labute approximate surface area is 171 Å². The number of benzene rings is 2. The highest BCUT2D eigenvalue weighted by atomic mass is 15.2. The van der Waals surface area contributed by atoms with Crippen LogP contribution in [0.1, 0.15) is 49.3 Å². The highest BCUT2D eigenvalue weighted by molar-refractivity contribution is 5.79. The van der Waals surface area contributed by atoms with Crippen molar-refractivity contribution in [2.24, 2.45) is 7.05 Å². The van der Waals surface area contributed by atoms with Crippen LogP contribution in [-0.4, -0.2) is 14.5 Å². The Morgan fingerprint density at radius 3 is 2.45 bits per heavy atom. The lowest BCUT2D eigenvalue weighted by Crippen LogP contribution is -2.30. The number of aromatic nitrogens is 4. The van der Waals surface area contributed by atoms with Crippen molar-refractivity contribution in [2.75, 3.05) is 0 Å². The maximum absolute atomic E-state index is 4.89. The molecule has 1 saturated carbocycles. The summed E-state index contributed by atoms with van der Waals surface area (Å²) in [4.78, 5) is 9.75. The predicted molar refractivity (Wildman–Crippen MR) is 116 cm³/mol. The summed E-state index contributed by atoms with van der Waals surface area (Å²) in [5.41, 5.74) is 6.00. The second kappa shape index (κ2) is 7.43. The topological polar surface area (TPSA) is 34.6 Å². The van der Waals surface area contributed by atoms with Gasteiger partial charge in [-0.2, -0.15) is 4.57 Å². The molecule has 0 aliphatic heterocycles. The van der Waals surface area contributed by atoms with Gasteiger partial charge in [-0.05, 0) is 43.5 Å². The standard InChI is InChI=1S/C25H27N4/c1-18-10-6-7-13-20(18)25-28(2)21-14-8-9-15-22(21)29(25)24-23(26-16-17-27-24)19-11-4-3-5-12-19/h6-10,13-17,19H,3-5,11-12H2,1-2H3/q+1. The first kappa shape index (κ1) is 18.0. The van der Waals surface area contributed by atoms with Crippen LogP contribution < -0.4 is 4.57 Å². The molecule has 4 aromatic rings. The van der Waals surface area contributed by atoms with Crippen LogP contribution in [0.5, 0.6) is 0 Å². The Morgan fingerprint density at radius 2 is 1.62 bits per heavy atom. The molecule has 0 unspecified atom stereocenters. The average Bonchev–Trinajstić information content (AvgIpc) is 3.07. The number of fused-ring (bicyclic) bond motifs is 1. The number of hydrogen-bond acceptors (Lipinski definition) is 2. The number of para-hydroxylation sites is 2. The molecule has 2 aromatic heterocycles. The zero-order valence-electron chi connectivity index (χ0n) is 17.2. The molecule has 5 rings (SSSR count). The normalized spacial score (nSPS) is 15.1. The van der Waals surface area contributed by atoms with E-state index in [1.165, 1.54) is 54.3 Å². The Kier molecular flexibility index (Phi) is 4.62. The molecule has 0 radical (unpaired) electrons. The molecule has 29 heavy (non-hydrogen) atoms. The molecule has 1 aliphatic carbocycles. The van der Waals surface area contributed by atoms with Gasteiger partial charge in [0.25, 0.3) is 5.82 Å². The fourth-order valence-corrected chi connectivity index (χ4v) is 4.83. The van der Waals surface area contributed by atoms with Crippen molar-refractivity contribution in [3.63, 3.8) is 0 Å². The third-order valence-corrected chi connectivity index (χ3v) is 6.31. The van der Waals surface area contributed by atoms with E-state index in [0.29, 0.717) is 5.92 Å². The minimum atomic E-state index is 0.489. The summed E-state index contributed by atoms with van der Waals surface area (Å²) in [7, 11) is 2.15. The zero-order valence-corrected chi connectivity index (χ0v) is 17.2. The van der Waals surface area contributed by atoms with Crippen LogP contribution in [0.3, 0.4) is 0 Å². The van der Waals surface area contributed by atoms with Crippen molar-refractivity contribution < 1.29 is 4.57 Å². The molecule has 2 aromatic carbocycles. The van der Waals surface area contributed by atoms with Crippen molar-refractivity contribution in [1.29, 1.82) is 0 Å². The maximum Gasteiger partial charge on any atom is 0.296 e. The molecule has 1 fully saturated rings. The van der Waals surface area contributed by atoms with Crippen molar-refractivity contribution in [3.8, 4) is 17.2 Å². The van der Waals surface area contributed by atoms with E-state index in [0.717, 1.165) is 17.3 Å². The number of nitrogens with zero attached hydrogens (tertiary/aromatic N) is 4. The van der Waals surface area contributed by atoms with Crippen LogP contribution in [0.25, 0.3) is 28.2 Å². The van der Waals surface area contributed by atoms with Gasteiger partial charge in [0, 0.05) is 18.3 Å². The Bertz CT molecular complexity index is 1170. The third-order valence-electron chi connectivity index (χ3n) is 6.31. The molecule has 0 N–H and O–H groups in total. The van der Waals surface area contributed by atoms with E-state index in [2.05, 4.69) is 71.6 Å². The van der Waals surface area contributed by atoms with E-state index in [9.17, 15) is 0 Å². The maximum atomic E-state index is 4.89. The van der Waals surface area contributed by atoms with Crippen molar-refractivity contribution >= 4 is 11.0 Å². The van der Waals surface area contributed by atoms with E-state index in [1.54, 1.807) is 0 Å². The second-order valence-corrected chi connectivity index (χ2v) is 8.12. The van der Waals surface area contributed by atoms with Crippen molar-refractivity contribution in [1.82, 2.24) is 14.5 Å². The van der Waals surface area contributed by atoms with Crippen LogP contribution >= 0.6 is 0 Å². The molecular weight excluding hydrogens is 356 g/mol. The van der Waals surface area contributed by atoms with Crippen molar-refractivity contribution in [3.05, 3.63) is 72.2 Å². The first-order valence-electron chi connectivity index (χ1n) is 10.6. The first-order chi connectivity index (χ1) is 14.3. The molecule has 4 heteroatoms. The largest absolute Gasteiger partial charge is 0.296 e. The van der Waals surface area contributed by atoms with Gasteiger partial charge in [-0.25, -0.2) is 9.55 Å². The fourth-order valence-electron chi connectivity index (χ4n) is 4.83. The van der Waals surface area contributed by atoms with Crippen molar-refractivity contribution in [2.45, 2.75) is 44.9 Å². The quantitative estimate of drug-likeness (QED) is 0.452. The Balaban J connectivity index is 1.83. The fraction of sp³-hybridized carbons (Fsp3) is 0.320. The SMILES string of the molecule is Cc1ccccc1-c1n(-c2nccnc2C2CCCCC2)c2ccccc2[n+]1C. The van der Waals surface area contributed by atoms with Crippen LogP contribution in [0.15, 0.2) is 60.9 Å². The molecule has 4 nitrogen and oxygen atoms in total. The van der Waals surface area contributed by atoms with Gasteiger partial charge < -0.3 is 0 Å². The Hall–Kier alpha value is -3.01. The van der Waals surface area contributed by atoms with Gasteiger partial charge in [0.15, 0.2) is 11.0 Å². The van der Waals surface area contributed by atoms with Gasteiger partial charge in [-0.3, -0.25) is 4.98 Å². The zero-order chi connectivity index (χ0) is 19.8. The summed E-state index contributed by atoms with van der Waals surface area (Å²) in [5, 5.41) is 0. The lowest BCUT2D eigenvalue weighted by Gasteiger charge is -2.21. The van der Waals surface area contributed by atoms with Crippen LogP contribution in [0, 0.1) is 6.92 Å². The molecule has 0 atom stereocenters. The van der Waals surface area contributed by atoms with Gasteiger partial charge in [0.2, 0.25) is 5.82 Å². The first-order valence-corrected chi connectivity index (χ1v) is 10.6. The van der Waals surface area contributed by atoms with E-state index in [1.807, 2.05) is 12.4 Å². The van der Waals surface area contributed by atoms with Gasteiger partial charge in [-0.1, -0.05) is 49.6 Å². The Morgan fingerprint density at radius 1 is 0.897 bits per heavy atom. The molecule has 1 aliphatic rings. The highest BCUT2D eigenvalue weighted by Gasteiger charge is 2.31. The summed E-state index contributed by atoms with van der Waals surface area (Å²) in [6.07, 6.45) is 10.00. The number of aryl methyl sites for hydroxylation is 2. The van der Waals surface area contributed by atoms with E-state index in [-0.39, 0.29) is 0 Å². The molecule has 0 amide bonds. The molecular formula is C25H27N4+. The molecule has 0 saturated heterocycles. The summed E-state index contributed by atoms with van der Waals surface area (Å²) < 4.78 is 4.62. The number of imidazole rings is 1. The van der Waals surface area contributed by atoms with E-state index in [4.69, 9.17) is 9.97 Å². The predicted octanol–water partition coefficient (Wildman–Crippen LogP) is 5.27. The minimum Gasteiger partial charge on any atom is -0.253 e. The summed E-state index contributed by atoms with van der Waals surface area (Å²) in [6.45, 7) is 2.18. The summed E-state index contributed by atoms with van der Waals surface area (Å²) in [5.74, 6) is 2.62. The van der Waals surface area contributed by atoms with Crippen LogP contribution in [0.2, 0.25) is 0 Å². The lowest BCUT2D eigenvalue weighted by molar-refractivity contribution is -0.633.